The van der Waals surface area contributed by atoms with Gasteiger partial charge in [0.15, 0.2) is 0 Å². The minimum atomic E-state index is -0.462. The largest absolute Gasteiger partial charge is 0.444 e. The van der Waals surface area contributed by atoms with E-state index in [0.29, 0.717) is 18.8 Å². The van der Waals surface area contributed by atoms with Gasteiger partial charge >= 0.3 is 6.09 Å². The molecule has 2 aliphatic rings. The molecule has 2 heterocycles. The SMILES string of the molecule is CC(C)(C)OC(=O)N1CCC(N2C=CSCC2=O)CC1. The van der Waals surface area contributed by atoms with Crippen LogP contribution in [0.15, 0.2) is 11.6 Å². The lowest BCUT2D eigenvalue weighted by Gasteiger charge is -2.38. The van der Waals surface area contributed by atoms with E-state index in [2.05, 4.69) is 0 Å². The van der Waals surface area contributed by atoms with E-state index < -0.39 is 5.60 Å². The van der Waals surface area contributed by atoms with Crippen LogP contribution in [0, 0.1) is 0 Å². The topological polar surface area (TPSA) is 49.9 Å². The number of thioether (sulfide) groups is 1. The third-order valence-electron chi connectivity index (χ3n) is 3.32. The van der Waals surface area contributed by atoms with Crippen molar-refractivity contribution < 1.29 is 14.3 Å². The standard InChI is InChI=1S/C14H22N2O3S/c1-14(2,3)19-13(18)15-6-4-11(5-7-15)16-8-9-20-10-12(16)17/h8-9,11H,4-7,10H2,1-3H3. The Kier molecular flexibility index (Phi) is 4.62. The predicted octanol–water partition coefficient (Wildman–Crippen LogP) is 2.43. The van der Waals surface area contributed by atoms with E-state index in [0.717, 1.165) is 12.8 Å². The highest BCUT2D eigenvalue weighted by Crippen LogP contribution is 2.23. The summed E-state index contributed by atoms with van der Waals surface area (Å²) in [6, 6.07) is 0.207. The first-order valence-electron chi connectivity index (χ1n) is 6.94. The van der Waals surface area contributed by atoms with Gasteiger partial charge in [0.05, 0.1) is 5.75 Å². The molecule has 0 aromatic rings. The Morgan fingerprint density at radius 2 is 2.00 bits per heavy atom. The Balaban J connectivity index is 1.86. The average molecular weight is 298 g/mol. The molecule has 5 nitrogen and oxygen atoms in total. The van der Waals surface area contributed by atoms with Gasteiger partial charge in [-0.05, 0) is 39.0 Å². The third-order valence-corrected chi connectivity index (χ3v) is 4.05. The van der Waals surface area contributed by atoms with Gasteiger partial charge in [0, 0.05) is 25.3 Å². The summed E-state index contributed by atoms with van der Waals surface area (Å²) in [7, 11) is 0. The van der Waals surface area contributed by atoms with Crippen LogP contribution in [0.4, 0.5) is 4.79 Å². The highest BCUT2D eigenvalue weighted by molar-refractivity contribution is 8.02. The van der Waals surface area contributed by atoms with Crippen molar-refractivity contribution in [3.05, 3.63) is 11.6 Å². The zero-order valence-corrected chi connectivity index (χ0v) is 13.1. The normalized spacial score (nSPS) is 21.2. The summed E-state index contributed by atoms with van der Waals surface area (Å²) in [6.45, 7) is 6.89. The Hall–Kier alpha value is -1.17. The number of hydrogen-bond acceptors (Lipinski definition) is 4. The van der Waals surface area contributed by atoms with Crippen LogP contribution in [-0.4, -0.2) is 52.3 Å². The van der Waals surface area contributed by atoms with Crippen molar-refractivity contribution in [1.82, 2.24) is 9.80 Å². The molecule has 2 aliphatic heterocycles. The minimum absolute atomic E-state index is 0.160. The van der Waals surface area contributed by atoms with Crippen LogP contribution >= 0.6 is 11.8 Å². The Morgan fingerprint density at radius 3 is 2.55 bits per heavy atom. The minimum Gasteiger partial charge on any atom is -0.444 e. The van der Waals surface area contributed by atoms with E-state index >= 15 is 0 Å². The van der Waals surface area contributed by atoms with Gasteiger partial charge in [0.1, 0.15) is 5.60 Å². The molecule has 0 aromatic carbocycles. The van der Waals surface area contributed by atoms with E-state index in [9.17, 15) is 9.59 Å². The highest BCUT2D eigenvalue weighted by Gasteiger charge is 2.31. The number of carbonyl (C=O) groups excluding carboxylic acids is 2. The molecule has 0 unspecified atom stereocenters. The van der Waals surface area contributed by atoms with Crippen molar-refractivity contribution in [3.8, 4) is 0 Å². The lowest BCUT2D eigenvalue weighted by Crippen LogP contribution is -2.48. The van der Waals surface area contributed by atoms with Gasteiger partial charge in [-0.2, -0.15) is 0 Å². The predicted molar refractivity (Wildman–Crippen MR) is 79.3 cm³/mol. The van der Waals surface area contributed by atoms with E-state index in [1.807, 2.05) is 37.3 Å². The van der Waals surface area contributed by atoms with Crippen molar-refractivity contribution in [2.24, 2.45) is 0 Å². The zero-order chi connectivity index (χ0) is 14.8. The first-order valence-corrected chi connectivity index (χ1v) is 7.99. The molecule has 1 saturated heterocycles. The Labute approximate surface area is 124 Å². The number of hydrogen-bond donors (Lipinski definition) is 0. The van der Waals surface area contributed by atoms with Crippen LogP contribution in [0.2, 0.25) is 0 Å². The van der Waals surface area contributed by atoms with E-state index in [-0.39, 0.29) is 18.0 Å². The summed E-state index contributed by atoms with van der Waals surface area (Å²) in [5, 5.41) is 1.96. The summed E-state index contributed by atoms with van der Waals surface area (Å²) in [5.41, 5.74) is -0.462. The molecule has 0 N–H and O–H groups in total. The maximum atomic E-state index is 12.0. The van der Waals surface area contributed by atoms with E-state index in [1.165, 1.54) is 11.8 Å². The van der Waals surface area contributed by atoms with Gasteiger partial charge in [0.2, 0.25) is 5.91 Å². The molecule has 20 heavy (non-hydrogen) atoms. The molecule has 1 fully saturated rings. The molecule has 112 valence electrons. The average Bonchev–Trinajstić information content (AvgIpc) is 2.37. The van der Waals surface area contributed by atoms with Crippen LogP contribution in [-0.2, 0) is 9.53 Å². The van der Waals surface area contributed by atoms with Crippen molar-refractivity contribution in [3.63, 3.8) is 0 Å². The quantitative estimate of drug-likeness (QED) is 0.746. The lowest BCUT2D eigenvalue weighted by molar-refractivity contribution is -0.128. The van der Waals surface area contributed by atoms with Crippen LogP contribution in [0.25, 0.3) is 0 Å². The maximum Gasteiger partial charge on any atom is 0.410 e. The number of carbonyl (C=O) groups is 2. The molecule has 0 atom stereocenters. The fourth-order valence-electron chi connectivity index (χ4n) is 2.36. The van der Waals surface area contributed by atoms with Gasteiger partial charge in [-0.15, -0.1) is 11.8 Å². The van der Waals surface area contributed by atoms with Crippen molar-refractivity contribution >= 4 is 23.8 Å². The van der Waals surface area contributed by atoms with Crippen LogP contribution < -0.4 is 0 Å². The number of likely N-dealkylation sites (tertiary alicyclic amines) is 1. The molecule has 6 heteroatoms. The monoisotopic (exact) mass is 298 g/mol. The summed E-state index contributed by atoms with van der Waals surface area (Å²) in [5.74, 6) is 0.677. The molecular weight excluding hydrogens is 276 g/mol. The molecule has 0 aromatic heterocycles. The van der Waals surface area contributed by atoms with Crippen molar-refractivity contribution in [1.29, 1.82) is 0 Å². The van der Waals surface area contributed by atoms with Crippen molar-refractivity contribution in [2.75, 3.05) is 18.8 Å². The summed E-state index contributed by atoms with van der Waals surface area (Å²) >= 11 is 1.53. The number of amides is 2. The van der Waals surface area contributed by atoms with Crippen LogP contribution in [0.3, 0.4) is 0 Å². The first-order chi connectivity index (χ1) is 9.37. The highest BCUT2D eigenvalue weighted by atomic mass is 32.2. The Bertz CT molecular complexity index is 409. The smallest absolute Gasteiger partial charge is 0.410 e. The first kappa shape index (κ1) is 15.2. The molecule has 0 saturated carbocycles. The van der Waals surface area contributed by atoms with Gasteiger partial charge in [0.25, 0.3) is 0 Å². The second-order valence-corrected chi connectivity index (χ2v) is 6.99. The number of piperidine rings is 1. The Morgan fingerprint density at radius 1 is 1.35 bits per heavy atom. The zero-order valence-electron chi connectivity index (χ0n) is 12.3. The molecule has 0 spiro atoms. The number of nitrogens with zero attached hydrogens (tertiary/aromatic N) is 2. The lowest BCUT2D eigenvalue weighted by atomic mass is 10.0. The number of ether oxygens (including phenoxy) is 1. The second kappa shape index (κ2) is 6.08. The van der Waals surface area contributed by atoms with Gasteiger partial charge in [-0.25, -0.2) is 4.79 Å². The fourth-order valence-corrected chi connectivity index (χ4v) is 2.97. The molecule has 2 amide bonds. The van der Waals surface area contributed by atoms with Crippen LogP contribution in [0.1, 0.15) is 33.6 Å². The number of rotatable bonds is 1. The van der Waals surface area contributed by atoms with Gasteiger partial charge < -0.3 is 14.5 Å². The van der Waals surface area contributed by atoms with Crippen molar-refractivity contribution in [2.45, 2.75) is 45.3 Å². The van der Waals surface area contributed by atoms with Gasteiger partial charge in [-0.1, -0.05) is 0 Å². The third kappa shape index (κ3) is 3.91. The molecule has 2 rings (SSSR count). The molecular formula is C14H22N2O3S. The fraction of sp³-hybridized carbons (Fsp3) is 0.714. The summed E-state index contributed by atoms with van der Waals surface area (Å²) in [4.78, 5) is 27.4. The van der Waals surface area contributed by atoms with Gasteiger partial charge in [-0.3, -0.25) is 4.79 Å². The molecule has 0 bridgehead atoms. The molecule has 0 aliphatic carbocycles. The van der Waals surface area contributed by atoms with E-state index in [1.54, 1.807) is 4.90 Å². The maximum absolute atomic E-state index is 12.0. The summed E-state index contributed by atoms with van der Waals surface area (Å²) in [6.07, 6.45) is 3.22. The van der Waals surface area contributed by atoms with E-state index in [4.69, 9.17) is 4.74 Å². The summed E-state index contributed by atoms with van der Waals surface area (Å²) < 4.78 is 5.37. The van der Waals surface area contributed by atoms with Crippen LogP contribution in [0.5, 0.6) is 0 Å². The second-order valence-electron chi connectivity index (χ2n) is 6.10. The molecule has 0 radical (unpaired) electrons.